The first kappa shape index (κ1) is 19.1. The van der Waals surface area contributed by atoms with E-state index in [2.05, 4.69) is 30.2 Å². The van der Waals surface area contributed by atoms with Crippen LogP contribution in [0.1, 0.15) is 24.2 Å². The first-order chi connectivity index (χ1) is 14.5. The first-order valence-corrected chi connectivity index (χ1v) is 10.6. The summed E-state index contributed by atoms with van der Waals surface area (Å²) in [7, 11) is 0. The number of aromatic nitrogens is 2. The fourth-order valence-electron chi connectivity index (χ4n) is 4.48. The zero-order chi connectivity index (χ0) is 20.8. The zero-order valence-electron chi connectivity index (χ0n) is 17.0. The Morgan fingerprint density at radius 1 is 1.03 bits per heavy atom. The molecule has 1 N–H and O–H groups in total. The summed E-state index contributed by atoms with van der Waals surface area (Å²) in [4.78, 5) is 20.2. The number of benzene rings is 2. The second-order valence-corrected chi connectivity index (χ2v) is 8.55. The second kappa shape index (κ2) is 7.42. The molecule has 0 radical (unpaired) electrons. The number of carbonyl (C=O) groups is 1. The highest BCUT2D eigenvalue weighted by atomic mass is 35.5. The number of amides is 1. The maximum atomic E-state index is 13.6. The maximum Gasteiger partial charge on any atom is 0.256 e. The molecule has 1 aliphatic rings. The Kier molecular flexibility index (Phi) is 4.72. The molecule has 5 nitrogen and oxygen atoms in total. The van der Waals surface area contributed by atoms with Gasteiger partial charge in [-0.25, -0.2) is 4.98 Å². The molecule has 1 aliphatic heterocycles. The van der Waals surface area contributed by atoms with Gasteiger partial charge < -0.3 is 10.2 Å². The Balaban J connectivity index is 1.69. The smallest absolute Gasteiger partial charge is 0.256 e. The molecule has 5 rings (SSSR count). The van der Waals surface area contributed by atoms with Crippen molar-refractivity contribution in [3.63, 3.8) is 0 Å². The SMILES string of the molecule is C[C@@H]1CN(C(=O)c2cn3c(-c4ccc(Cl)cc4)ncc3c3ccccc23)C[C@H](C)N1. The largest absolute Gasteiger partial charge is 0.335 e. The minimum atomic E-state index is 0.0593. The predicted molar refractivity (Wildman–Crippen MR) is 121 cm³/mol. The van der Waals surface area contributed by atoms with Gasteiger partial charge >= 0.3 is 0 Å². The molecule has 1 fully saturated rings. The highest BCUT2D eigenvalue weighted by molar-refractivity contribution is 6.30. The molecule has 3 heterocycles. The maximum absolute atomic E-state index is 13.6. The highest BCUT2D eigenvalue weighted by Gasteiger charge is 2.27. The normalized spacial score (nSPS) is 19.5. The van der Waals surface area contributed by atoms with Gasteiger partial charge in [-0.1, -0.05) is 35.9 Å². The van der Waals surface area contributed by atoms with Crippen molar-refractivity contribution >= 4 is 33.8 Å². The summed E-state index contributed by atoms with van der Waals surface area (Å²) < 4.78 is 2.02. The number of carbonyl (C=O) groups excluding carboxylic acids is 1. The van der Waals surface area contributed by atoms with Crippen molar-refractivity contribution < 1.29 is 4.79 Å². The lowest BCUT2D eigenvalue weighted by molar-refractivity contribution is 0.0675. The third kappa shape index (κ3) is 3.24. The van der Waals surface area contributed by atoms with E-state index in [4.69, 9.17) is 11.6 Å². The van der Waals surface area contributed by atoms with Crippen LogP contribution in [0, 0.1) is 0 Å². The van der Waals surface area contributed by atoms with Gasteiger partial charge in [-0.15, -0.1) is 0 Å². The van der Waals surface area contributed by atoms with Gasteiger partial charge in [-0.2, -0.15) is 0 Å². The van der Waals surface area contributed by atoms with E-state index in [1.165, 1.54) is 0 Å². The number of pyridine rings is 1. The number of fused-ring (bicyclic) bond motifs is 3. The Hall–Kier alpha value is -2.89. The summed E-state index contributed by atoms with van der Waals surface area (Å²) in [5.74, 6) is 0.854. The molecule has 30 heavy (non-hydrogen) atoms. The van der Waals surface area contributed by atoms with Crippen molar-refractivity contribution in [1.29, 1.82) is 0 Å². The van der Waals surface area contributed by atoms with E-state index in [0.717, 1.165) is 27.7 Å². The summed E-state index contributed by atoms with van der Waals surface area (Å²) in [5.41, 5.74) is 2.64. The quantitative estimate of drug-likeness (QED) is 0.516. The molecule has 0 bridgehead atoms. The molecule has 1 amide bonds. The van der Waals surface area contributed by atoms with E-state index < -0.39 is 0 Å². The monoisotopic (exact) mass is 418 g/mol. The van der Waals surface area contributed by atoms with Crippen LogP contribution < -0.4 is 5.32 Å². The fourth-order valence-corrected chi connectivity index (χ4v) is 4.60. The number of hydrogen-bond donors (Lipinski definition) is 1. The van der Waals surface area contributed by atoms with Gasteiger partial charge in [0.15, 0.2) is 0 Å². The van der Waals surface area contributed by atoms with Gasteiger partial charge in [0.05, 0.1) is 17.3 Å². The van der Waals surface area contributed by atoms with Crippen molar-refractivity contribution in [3.8, 4) is 11.4 Å². The molecule has 0 saturated carbocycles. The van der Waals surface area contributed by atoms with Gasteiger partial charge in [0.2, 0.25) is 0 Å². The summed E-state index contributed by atoms with van der Waals surface area (Å²) in [6, 6.07) is 16.2. The lowest BCUT2D eigenvalue weighted by Crippen LogP contribution is -2.55. The van der Waals surface area contributed by atoms with Gasteiger partial charge in [0.25, 0.3) is 5.91 Å². The highest BCUT2D eigenvalue weighted by Crippen LogP contribution is 2.29. The van der Waals surface area contributed by atoms with Crippen LogP contribution in [0.5, 0.6) is 0 Å². The Morgan fingerprint density at radius 3 is 2.40 bits per heavy atom. The van der Waals surface area contributed by atoms with Crippen LogP contribution >= 0.6 is 11.6 Å². The third-order valence-corrected chi connectivity index (χ3v) is 5.98. The summed E-state index contributed by atoms with van der Waals surface area (Å²) in [5, 5.41) is 6.15. The molecule has 152 valence electrons. The van der Waals surface area contributed by atoms with Crippen LogP contribution in [0.4, 0.5) is 0 Å². The number of rotatable bonds is 2. The fraction of sp³-hybridized carbons (Fsp3) is 0.250. The van der Waals surface area contributed by atoms with E-state index in [-0.39, 0.29) is 18.0 Å². The van der Waals surface area contributed by atoms with Crippen molar-refractivity contribution in [2.24, 2.45) is 0 Å². The van der Waals surface area contributed by atoms with Crippen molar-refractivity contribution in [2.75, 3.05) is 13.1 Å². The average molecular weight is 419 g/mol. The average Bonchev–Trinajstić information content (AvgIpc) is 3.17. The van der Waals surface area contributed by atoms with Crippen LogP contribution in [-0.4, -0.2) is 45.4 Å². The van der Waals surface area contributed by atoms with Gasteiger partial charge in [0.1, 0.15) is 5.82 Å². The minimum absolute atomic E-state index is 0.0593. The summed E-state index contributed by atoms with van der Waals surface area (Å²) in [6.45, 7) is 5.63. The number of nitrogens with one attached hydrogen (secondary N) is 1. The summed E-state index contributed by atoms with van der Waals surface area (Å²) in [6.07, 6.45) is 3.81. The number of hydrogen-bond acceptors (Lipinski definition) is 3. The van der Waals surface area contributed by atoms with E-state index in [0.29, 0.717) is 23.7 Å². The third-order valence-electron chi connectivity index (χ3n) is 5.73. The first-order valence-electron chi connectivity index (χ1n) is 10.2. The lowest BCUT2D eigenvalue weighted by atomic mass is 10.0. The van der Waals surface area contributed by atoms with E-state index in [1.807, 2.05) is 64.2 Å². The molecule has 2 aromatic heterocycles. The molecule has 0 unspecified atom stereocenters. The molecule has 6 heteroatoms. The Morgan fingerprint density at radius 2 is 1.70 bits per heavy atom. The molecule has 1 saturated heterocycles. The molecule has 4 aromatic rings. The van der Waals surface area contributed by atoms with Crippen LogP contribution in [0.2, 0.25) is 5.02 Å². The molecule has 2 aromatic carbocycles. The number of piperazine rings is 1. The molecule has 2 atom stereocenters. The van der Waals surface area contributed by atoms with E-state index >= 15 is 0 Å². The van der Waals surface area contributed by atoms with Crippen molar-refractivity contribution in [1.82, 2.24) is 19.6 Å². The number of nitrogens with zero attached hydrogens (tertiary/aromatic N) is 3. The molecule has 0 aliphatic carbocycles. The molecular formula is C24H23ClN4O. The number of imidazole rings is 1. The summed E-state index contributed by atoms with van der Waals surface area (Å²) >= 11 is 6.06. The van der Waals surface area contributed by atoms with Crippen LogP contribution in [0.25, 0.3) is 27.7 Å². The lowest BCUT2D eigenvalue weighted by Gasteiger charge is -2.36. The van der Waals surface area contributed by atoms with Gasteiger partial charge in [-0.05, 0) is 43.5 Å². The standard InChI is InChI=1S/C24H23ClN4O/c1-15-12-28(13-16(2)27-15)24(30)21-14-29-22(20-6-4-3-5-19(20)21)11-26-23(29)17-7-9-18(25)10-8-17/h3-11,14-16,27H,12-13H2,1-2H3/t15-,16+. The Labute approximate surface area is 180 Å². The van der Waals surface area contributed by atoms with Crippen LogP contribution in [0.3, 0.4) is 0 Å². The zero-order valence-corrected chi connectivity index (χ0v) is 17.7. The minimum Gasteiger partial charge on any atom is -0.335 e. The second-order valence-electron chi connectivity index (χ2n) is 8.11. The predicted octanol–water partition coefficient (Wildman–Crippen LogP) is 4.63. The van der Waals surface area contributed by atoms with Crippen LogP contribution in [0.15, 0.2) is 60.9 Å². The van der Waals surface area contributed by atoms with Gasteiger partial charge in [0, 0.05) is 47.3 Å². The molecular weight excluding hydrogens is 396 g/mol. The van der Waals surface area contributed by atoms with Crippen molar-refractivity contribution in [2.45, 2.75) is 25.9 Å². The topological polar surface area (TPSA) is 49.6 Å². The number of halogens is 1. The van der Waals surface area contributed by atoms with E-state index in [9.17, 15) is 4.79 Å². The Bertz CT molecular complexity index is 1240. The van der Waals surface area contributed by atoms with E-state index in [1.54, 1.807) is 0 Å². The van der Waals surface area contributed by atoms with Crippen LogP contribution in [-0.2, 0) is 0 Å². The van der Waals surface area contributed by atoms with Gasteiger partial charge in [-0.3, -0.25) is 9.20 Å². The van der Waals surface area contributed by atoms with Crippen molar-refractivity contribution in [3.05, 3.63) is 71.5 Å². The molecule has 0 spiro atoms.